The highest BCUT2D eigenvalue weighted by atomic mass is 79.9. The minimum Gasteiger partial charge on any atom is -0.490 e. The van der Waals surface area contributed by atoms with Crippen LogP contribution in [0.25, 0.3) is 6.08 Å². The largest absolute Gasteiger partial charge is 0.490 e. The van der Waals surface area contributed by atoms with Crippen LogP contribution in [0.1, 0.15) is 18.1 Å². The van der Waals surface area contributed by atoms with Gasteiger partial charge in [-0.2, -0.15) is 10.5 Å². The molecule has 2 aromatic rings. The molecule has 7 heteroatoms. The molecular formula is C21H18BrN3O3. The topological polar surface area (TPSA) is 95.1 Å². The number of ether oxygens (including phenoxy) is 2. The minimum absolute atomic E-state index is 0.0147. The zero-order chi connectivity index (χ0) is 20.5. The molecule has 0 atom stereocenters. The summed E-state index contributed by atoms with van der Waals surface area (Å²) in [6, 6.07) is 14.2. The number of rotatable bonds is 7. The molecule has 1 N–H and O–H groups in total. The van der Waals surface area contributed by atoms with Crippen molar-refractivity contribution < 1.29 is 14.3 Å². The zero-order valence-electron chi connectivity index (χ0n) is 15.5. The van der Waals surface area contributed by atoms with Crippen molar-refractivity contribution in [3.05, 3.63) is 57.6 Å². The van der Waals surface area contributed by atoms with Crippen molar-refractivity contribution in [1.82, 2.24) is 0 Å². The summed E-state index contributed by atoms with van der Waals surface area (Å²) in [4.78, 5) is 12.2. The molecule has 6 nitrogen and oxygen atoms in total. The van der Waals surface area contributed by atoms with Crippen molar-refractivity contribution in [3.8, 4) is 23.6 Å². The molecular weight excluding hydrogens is 422 g/mol. The van der Waals surface area contributed by atoms with Crippen LogP contribution in [0.3, 0.4) is 0 Å². The molecule has 142 valence electrons. The van der Waals surface area contributed by atoms with E-state index in [1.54, 1.807) is 18.2 Å². The Bertz CT molecular complexity index is 971. The molecule has 2 aromatic carbocycles. The van der Waals surface area contributed by atoms with E-state index in [-0.39, 0.29) is 18.1 Å². The molecule has 0 saturated heterocycles. The fourth-order valence-corrected chi connectivity index (χ4v) is 2.90. The predicted molar refractivity (Wildman–Crippen MR) is 110 cm³/mol. The molecule has 0 heterocycles. The molecule has 2 rings (SSSR count). The van der Waals surface area contributed by atoms with E-state index < -0.39 is 0 Å². The maximum atomic E-state index is 12.2. The van der Waals surface area contributed by atoms with Crippen LogP contribution < -0.4 is 14.8 Å². The molecule has 0 aliphatic carbocycles. The Balaban J connectivity index is 2.10. The molecule has 0 saturated carbocycles. The van der Waals surface area contributed by atoms with E-state index in [0.717, 1.165) is 10.0 Å². The fraction of sp³-hybridized carbons (Fsp3) is 0.190. The lowest BCUT2D eigenvalue weighted by molar-refractivity contribution is -0.118. The molecule has 0 bridgehead atoms. The Morgan fingerprint density at radius 2 is 1.89 bits per heavy atom. The number of amides is 1. The Morgan fingerprint density at radius 1 is 1.14 bits per heavy atom. The number of anilines is 1. The molecule has 0 fully saturated rings. The first-order chi connectivity index (χ1) is 13.5. The van der Waals surface area contributed by atoms with Gasteiger partial charge in [0.1, 0.15) is 17.7 Å². The van der Waals surface area contributed by atoms with Crippen LogP contribution in [0, 0.1) is 29.6 Å². The zero-order valence-corrected chi connectivity index (χ0v) is 17.0. The normalized spacial score (nSPS) is 9.61. The van der Waals surface area contributed by atoms with Crippen molar-refractivity contribution in [2.75, 3.05) is 18.5 Å². The fourth-order valence-electron chi connectivity index (χ4n) is 2.31. The lowest BCUT2D eigenvalue weighted by Crippen LogP contribution is -2.20. The highest BCUT2D eigenvalue weighted by Crippen LogP contribution is 2.29. The molecule has 0 aliphatic heterocycles. The number of carbonyl (C=O) groups is 1. The summed E-state index contributed by atoms with van der Waals surface area (Å²) in [6.07, 6.45) is 1.45. The van der Waals surface area contributed by atoms with Gasteiger partial charge in [0.2, 0.25) is 0 Å². The van der Waals surface area contributed by atoms with Crippen molar-refractivity contribution in [3.63, 3.8) is 0 Å². The molecule has 1 amide bonds. The van der Waals surface area contributed by atoms with Gasteiger partial charge in [0, 0.05) is 4.47 Å². The van der Waals surface area contributed by atoms with E-state index in [0.29, 0.717) is 29.4 Å². The monoisotopic (exact) mass is 439 g/mol. The number of hydrogen-bond acceptors (Lipinski definition) is 5. The lowest BCUT2D eigenvalue weighted by Gasteiger charge is -2.13. The van der Waals surface area contributed by atoms with Crippen molar-refractivity contribution in [1.29, 1.82) is 10.5 Å². The highest BCUT2D eigenvalue weighted by molar-refractivity contribution is 9.10. The summed E-state index contributed by atoms with van der Waals surface area (Å²) in [5, 5.41) is 20.5. The van der Waals surface area contributed by atoms with Gasteiger partial charge in [-0.05, 0) is 71.2 Å². The summed E-state index contributed by atoms with van der Waals surface area (Å²) in [5.74, 6) is 0.510. The quantitative estimate of drug-likeness (QED) is 0.635. The highest BCUT2D eigenvalue weighted by Gasteiger charge is 2.11. The van der Waals surface area contributed by atoms with E-state index in [2.05, 4.69) is 21.2 Å². The Hall–Kier alpha value is -3.29. The summed E-state index contributed by atoms with van der Waals surface area (Å²) < 4.78 is 11.9. The first-order valence-electron chi connectivity index (χ1n) is 8.44. The first kappa shape index (κ1) is 21.0. The molecule has 0 aromatic heterocycles. The van der Waals surface area contributed by atoms with Crippen LogP contribution in [0.2, 0.25) is 0 Å². The van der Waals surface area contributed by atoms with Gasteiger partial charge < -0.3 is 14.8 Å². The number of allylic oxidation sites excluding steroid dienone is 1. The van der Waals surface area contributed by atoms with Crippen LogP contribution >= 0.6 is 15.9 Å². The number of aryl methyl sites for hydroxylation is 1. The first-order valence-corrected chi connectivity index (χ1v) is 9.23. The molecule has 0 radical (unpaired) electrons. The maximum Gasteiger partial charge on any atom is 0.262 e. The Morgan fingerprint density at radius 3 is 2.54 bits per heavy atom. The molecule has 0 aliphatic rings. The van der Waals surface area contributed by atoms with Gasteiger partial charge in [-0.15, -0.1) is 0 Å². The van der Waals surface area contributed by atoms with Gasteiger partial charge in [0.15, 0.2) is 18.1 Å². The third-order valence-corrected chi connectivity index (χ3v) is 4.23. The average molecular weight is 440 g/mol. The van der Waals surface area contributed by atoms with Gasteiger partial charge in [0.05, 0.1) is 12.3 Å². The smallest absolute Gasteiger partial charge is 0.262 e. The Kier molecular flexibility index (Phi) is 7.62. The van der Waals surface area contributed by atoms with Gasteiger partial charge in [-0.1, -0.05) is 12.1 Å². The average Bonchev–Trinajstić information content (AvgIpc) is 2.68. The number of nitrogens with zero attached hydrogens (tertiary/aromatic N) is 2. The summed E-state index contributed by atoms with van der Waals surface area (Å²) in [7, 11) is 0. The number of carbonyl (C=O) groups excluding carboxylic acids is 1. The molecule has 0 spiro atoms. The second kappa shape index (κ2) is 10.1. The van der Waals surface area contributed by atoms with Crippen molar-refractivity contribution in [2.24, 2.45) is 0 Å². The van der Waals surface area contributed by atoms with Gasteiger partial charge in [-0.25, -0.2) is 0 Å². The van der Waals surface area contributed by atoms with Crippen molar-refractivity contribution in [2.45, 2.75) is 13.8 Å². The number of nitriles is 2. The third kappa shape index (κ3) is 5.87. The van der Waals surface area contributed by atoms with Crippen LogP contribution in [0.4, 0.5) is 5.69 Å². The lowest BCUT2D eigenvalue weighted by atomic mass is 10.1. The number of halogens is 1. The molecule has 0 unspecified atom stereocenters. The molecule has 28 heavy (non-hydrogen) atoms. The minimum atomic E-state index is -0.313. The third-order valence-electron chi connectivity index (χ3n) is 3.58. The summed E-state index contributed by atoms with van der Waals surface area (Å²) >= 11 is 3.42. The number of nitrogens with one attached hydrogen (secondary N) is 1. The van der Waals surface area contributed by atoms with E-state index in [1.165, 1.54) is 6.08 Å². The van der Waals surface area contributed by atoms with Crippen molar-refractivity contribution >= 4 is 33.6 Å². The van der Waals surface area contributed by atoms with E-state index in [1.807, 2.05) is 44.2 Å². The number of hydrogen-bond donors (Lipinski definition) is 1. The maximum absolute atomic E-state index is 12.2. The van der Waals surface area contributed by atoms with Crippen LogP contribution in [-0.4, -0.2) is 19.1 Å². The van der Waals surface area contributed by atoms with Gasteiger partial charge in [0.25, 0.3) is 5.91 Å². The van der Waals surface area contributed by atoms with Crippen LogP contribution in [0.15, 0.2) is 46.4 Å². The second-order valence-corrected chi connectivity index (χ2v) is 6.60. The van der Waals surface area contributed by atoms with Gasteiger partial charge in [-0.3, -0.25) is 4.79 Å². The van der Waals surface area contributed by atoms with Crippen LogP contribution in [-0.2, 0) is 4.79 Å². The number of benzene rings is 2. The standard InChI is InChI=1S/C21H18BrN3O3/c1-3-27-20-10-15(9-16(11-23)12-24)5-7-19(20)28-13-21(26)25-18-6-4-14(2)8-17(18)22/h4-10H,3,13H2,1-2H3,(H,25,26). The van der Waals surface area contributed by atoms with E-state index >= 15 is 0 Å². The summed E-state index contributed by atoms with van der Waals surface area (Å²) in [5.41, 5.74) is 2.35. The predicted octanol–water partition coefficient (Wildman–Crippen LogP) is 4.60. The summed E-state index contributed by atoms with van der Waals surface area (Å²) in [6.45, 7) is 3.99. The second-order valence-electron chi connectivity index (χ2n) is 5.74. The van der Waals surface area contributed by atoms with Gasteiger partial charge >= 0.3 is 0 Å². The SMILES string of the molecule is CCOc1cc(C=C(C#N)C#N)ccc1OCC(=O)Nc1ccc(C)cc1Br. The Labute approximate surface area is 172 Å². The van der Waals surface area contributed by atoms with E-state index in [4.69, 9.17) is 20.0 Å². The van der Waals surface area contributed by atoms with E-state index in [9.17, 15) is 4.79 Å². The van der Waals surface area contributed by atoms with Crippen LogP contribution in [0.5, 0.6) is 11.5 Å².